The number of hydrogen-bond donors (Lipinski definition) is 1. The van der Waals surface area contributed by atoms with E-state index in [0.29, 0.717) is 5.75 Å². The Kier molecular flexibility index (Phi) is 8.07. The monoisotopic (exact) mass is 355 g/mol. The second-order valence-corrected chi connectivity index (χ2v) is 6.87. The molecule has 0 aliphatic rings. The van der Waals surface area contributed by atoms with E-state index in [2.05, 4.69) is 0 Å². The molecule has 0 fully saturated rings. The molecule has 2 atom stereocenters. The Labute approximate surface area is 138 Å². The molecule has 20 heavy (non-hydrogen) atoms. The summed E-state index contributed by atoms with van der Waals surface area (Å²) in [5, 5.41) is 9.27. The molecule has 0 radical (unpaired) electrons. The van der Waals surface area contributed by atoms with Gasteiger partial charge in [0.1, 0.15) is 16.4 Å². The van der Waals surface area contributed by atoms with Crippen molar-refractivity contribution in [3.05, 3.63) is 35.9 Å². The smallest absolute Gasteiger partial charge is 0.321 e. The number of carboxylic acids is 1. The van der Waals surface area contributed by atoms with Gasteiger partial charge in [-0.3, -0.25) is 9.69 Å². The van der Waals surface area contributed by atoms with Crippen molar-refractivity contribution in [3.8, 4) is 0 Å². The predicted molar refractivity (Wildman–Crippen MR) is 86.9 cm³/mol. The SMILES string of the molecule is CN(C(CSCc1ccccc1)C(=O)O)C(Cl)C(Cl)Cl. The summed E-state index contributed by atoms with van der Waals surface area (Å²) in [5.74, 6) is 0.216. The first-order valence-corrected chi connectivity index (χ1v) is 8.38. The van der Waals surface area contributed by atoms with E-state index in [0.717, 1.165) is 11.3 Å². The van der Waals surface area contributed by atoms with Crippen molar-refractivity contribution in [2.45, 2.75) is 22.1 Å². The van der Waals surface area contributed by atoms with Crippen LogP contribution in [0.3, 0.4) is 0 Å². The van der Waals surface area contributed by atoms with E-state index in [4.69, 9.17) is 34.8 Å². The fraction of sp³-hybridized carbons (Fsp3) is 0.462. The molecule has 0 aliphatic heterocycles. The zero-order chi connectivity index (χ0) is 15.1. The number of aliphatic carboxylic acids is 1. The fourth-order valence-electron chi connectivity index (χ4n) is 1.58. The third-order valence-electron chi connectivity index (χ3n) is 2.76. The maximum Gasteiger partial charge on any atom is 0.321 e. The first-order valence-electron chi connectivity index (χ1n) is 5.92. The summed E-state index contributed by atoms with van der Waals surface area (Å²) >= 11 is 18.9. The Morgan fingerprint density at radius 3 is 2.40 bits per heavy atom. The molecule has 112 valence electrons. The molecule has 1 aromatic rings. The highest BCUT2D eigenvalue weighted by Gasteiger charge is 2.30. The van der Waals surface area contributed by atoms with Gasteiger partial charge in [-0.1, -0.05) is 30.3 Å². The highest BCUT2D eigenvalue weighted by Crippen LogP contribution is 2.22. The summed E-state index contributed by atoms with van der Waals surface area (Å²) in [6.07, 6.45) is 0. The number of likely N-dealkylation sites (N-methyl/N-ethyl adjacent to an activating group) is 1. The summed E-state index contributed by atoms with van der Waals surface area (Å²) in [6, 6.07) is 9.13. The van der Waals surface area contributed by atoms with E-state index in [1.807, 2.05) is 30.3 Å². The molecule has 0 saturated heterocycles. The molecule has 1 aromatic carbocycles. The maximum atomic E-state index is 11.3. The van der Waals surface area contributed by atoms with Crippen molar-refractivity contribution >= 4 is 52.5 Å². The van der Waals surface area contributed by atoms with E-state index in [1.54, 1.807) is 7.05 Å². The van der Waals surface area contributed by atoms with Gasteiger partial charge < -0.3 is 5.11 Å². The van der Waals surface area contributed by atoms with Crippen molar-refractivity contribution in [2.24, 2.45) is 0 Å². The van der Waals surface area contributed by atoms with Crippen molar-refractivity contribution in [2.75, 3.05) is 12.8 Å². The molecule has 0 saturated carbocycles. The van der Waals surface area contributed by atoms with Crippen LogP contribution in [-0.4, -0.2) is 45.2 Å². The number of carbonyl (C=O) groups is 1. The average Bonchev–Trinajstić information content (AvgIpc) is 2.42. The molecule has 7 heteroatoms. The van der Waals surface area contributed by atoms with Crippen LogP contribution < -0.4 is 0 Å². The lowest BCUT2D eigenvalue weighted by atomic mass is 10.2. The van der Waals surface area contributed by atoms with Crippen LogP contribution in [0.2, 0.25) is 0 Å². The summed E-state index contributed by atoms with van der Waals surface area (Å²) in [6.45, 7) is 0. The quantitative estimate of drug-likeness (QED) is 0.570. The Morgan fingerprint density at radius 1 is 1.30 bits per heavy atom. The standard InChI is InChI=1S/C13H16Cl3NO2S/c1-17(12(16)11(14)15)10(13(18)19)8-20-7-9-5-3-2-4-6-9/h2-6,10-12H,7-8H2,1H3,(H,18,19). The number of halogens is 3. The van der Waals surface area contributed by atoms with Crippen LogP contribution in [0.1, 0.15) is 5.56 Å². The van der Waals surface area contributed by atoms with Gasteiger partial charge in [0.05, 0.1) is 0 Å². The van der Waals surface area contributed by atoms with E-state index in [9.17, 15) is 9.90 Å². The van der Waals surface area contributed by atoms with Crippen molar-refractivity contribution in [1.29, 1.82) is 0 Å². The van der Waals surface area contributed by atoms with Crippen LogP contribution in [0.15, 0.2) is 30.3 Å². The zero-order valence-electron chi connectivity index (χ0n) is 10.9. The summed E-state index contributed by atoms with van der Waals surface area (Å²) in [5.41, 5.74) is 0.413. The topological polar surface area (TPSA) is 40.5 Å². The fourth-order valence-corrected chi connectivity index (χ4v) is 3.21. The summed E-state index contributed by atoms with van der Waals surface area (Å²) in [4.78, 5) is 11.9. The van der Waals surface area contributed by atoms with E-state index < -0.39 is 22.3 Å². The maximum absolute atomic E-state index is 11.3. The highest BCUT2D eigenvalue weighted by atomic mass is 35.5. The number of benzene rings is 1. The lowest BCUT2D eigenvalue weighted by molar-refractivity contribution is -0.142. The van der Waals surface area contributed by atoms with Gasteiger partial charge in [-0.25, -0.2) is 0 Å². The average molecular weight is 357 g/mol. The van der Waals surface area contributed by atoms with Crippen LogP contribution in [-0.2, 0) is 10.5 Å². The van der Waals surface area contributed by atoms with E-state index in [-0.39, 0.29) is 0 Å². The minimum atomic E-state index is -0.937. The zero-order valence-corrected chi connectivity index (χ0v) is 14.0. The van der Waals surface area contributed by atoms with Crippen LogP contribution >= 0.6 is 46.6 Å². The predicted octanol–water partition coefficient (Wildman–Crippen LogP) is 3.67. The number of nitrogens with zero attached hydrogens (tertiary/aromatic N) is 1. The van der Waals surface area contributed by atoms with E-state index in [1.165, 1.54) is 16.7 Å². The molecule has 0 bridgehead atoms. The molecule has 3 nitrogen and oxygen atoms in total. The third kappa shape index (κ3) is 5.70. The number of hydrogen-bond acceptors (Lipinski definition) is 3. The minimum Gasteiger partial charge on any atom is -0.480 e. The largest absolute Gasteiger partial charge is 0.480 e. The molecular weight excluding hydrogens is 341 g/mol. The van der Waals surface area contributed by atoms with Gasteiger partial charge in [0, 0.05) is 11.5 Å². The molecule has 1 rings (SSSR count). The number of rotatable bonds is 8. The first kappa shape index (κ1) is 17.9. The second kappa shape index (κ2) is 9.00. The van der Waals surface area contributed by atoms with Gasteiger partial charge in [-0.05, 0) is 12.6 Å². The van der Waals surface area contributed by atoms with Gasteiger partial charge >= 0.3 is 5.97 Å². The molecule has 0 aliphatic carbocycles. The van der Waals surface area contributed by atoms with Gasteiger partial charge in [0.25, 0.3) is 0 Å². The van der Waals surface area contributed by atoms with Gasteiger partial charge in [-0.15, -0.1) is 34.8 Å². The molecular formula is C13H16Cl3NO2S. The van der Waals surface area contributed by atoms with Crippen LogP contribution in [0.5, 0.6) is 0 Å². The van der Waals surface area contributed by atoms with Crippen LogP contribution in [0, 0.1) is 0 Å². The molecule has 2 unspecified atom stereocenters. The molecule has 0 spiro atoms. The van der Waals surface area contributed by atoms with Crippen molar-refractivity contribution < 1.29 is 9.90 Å². The normalized spacial score (nSPS) is 14.5. The summed E-state index contributed by atoms with van der Waals surface area (Å²) in [7, 11) is 1.61. The Bertz CT molecular complexity index is 419. The molecule has 0 amide bonds. The van der Waals surface area contributed by atoms with Gasteiger partial charge in [0.2, 0.25) is 0 Å². The minimum absolute atomic E-state index is 0.407. The van der Waals surface area contributed by atoms with Gasteiger partial charge in [-0.2, -0.15) is 11.8 Å². The number of thioether (sulfide) groups is 1. The lowest BCUT2D eigenvalue weighted by Crippen LogP contribution is -2.46. The number of carboxylic acid groups (broad SMARTS) is 1. The van der Waals surface area contributed by atoms with E-state index >= 15 is 0 Å². The Balaban J connectivity index is 2.53. The lowest BCUT2D eigenvalue weighted by Gasteiger charge is -2.29. The molecule has 0 aromatic heterocycles. The first-order chi connectivity index (χ1) is 9.43. The van der Waals surface area contributed by atoms with Crippen molar-refractivity contribution in [3.63, 3.8) is 0 Å². The molecule has 1 N–H and O–H groups in total. The Morgan fingerprint density at radius 2 is 1.90 bits per heavy atom. The second-order valence-electron chi connectivity index (χ2n) is 4.23. The third-order valence-corrected chi connectivity index (χ3v) is 5.14. The summed E-state index contributed by atoms with van der Waals surface area (Å²) < 4.78 is 0. The molecule has 0 heterocycles. The Hall–Kier alpha value is -0.130. The highest BCUT2D eigenvalue weighted by molar-refractivity contribution is 7.98. The van der Waals surface area contributed by atoms with Crippen molar-refractivity contribution in [1.82, 2.24) is 4.90 Å². The number of alkyl halides is 3. The van der Waals surface area contributed by atoms with Crippen LogP contribution in [0.25, 0.3) is 0 Å². The van der Waals surface area contributed by atoms with Gasteiger partial charge in [0.15, 0.2) is 0 Å². The van der Waals surface area contributed by atoms with Crippen LogP contribution in [0.4, 0.5) is 0 Å².